The van der Waals surface area contributed by atoms with Gasteiger partial charge in [-0.05, 0) is 70.0 Å². The van der Waals surface area contributed by atoms with Crippen molar-refractivity contribution in [1.29, 1.82) is 0 Å². The summed E-state index contributed by atoms with van der Waals surface area (Å²) in [4.78, 5) is 0. The van der Waals surface area contributed by atoms with E-state index in [9.17, 15) is 4.39 Å². The van der Waals surface area contributed by atoms with Crippen molar-refractivity contribution in [3.8, 4) is 5.75 Å². The Morgan fingerprint density at radius 1 is 1.32 bits per heavy atom. The van der Waals surface area contributed by atoms with Gasteiger partial charge < -0.3 is 15.8 Å². The number of methoxy groups -OCH3 is 1. The van der Waals surface area contributed by atoms with Gasteiger partial charge in [0.25, 0.3) is 0 Å². The molecular weight excluding hydrogens is 243 g/mol. The number of halogens is 1. The van der Waals surface area contributed by atoms with Crippen LogP contribution < -0.4 is 15.8 Å². The summed E-state index contributed by atoms with van der Waals surface area (Å²) in [6, 6.07) is 4.62. The maximum absolute atomic E-state index is 13.2. The van der Waals surface area contributed by atoms with Crippen LogP contribution in [0.1, 0.15) is 32.3 Å². The van der Waals surface area contributed by atoms with Crippen LogP contribution in [-0.2, 0) is 6.42 Å². The highest BCUT2D eigenvalue weighted by Crippen LogP contribution is 2.19. The van der Waals surface area contributed by atoms with Crippen LogP contribution in [0.25, 0.3) is 0 Å². The molecule has 0 aliphatic heterocycles. The molecule has 0 saturated heterocycles. The highest BCUT2D eigenvalue weighted by Gasteiger charge is 2.09. The topological polar surface area (TPSA) is 47.3 Å². The number of ether oxygens (including phenoxy) is 1. The number of nitrogens with two attached hydrogens (primary N) is 1. The first-order valence-corrected chi connectivity index (χ1v) is 6.74. The second-order valence-electron chi connectivity index (χ2n) is 5.55. The number of hydrogen-bond acceptors (Lipinski definition) is 3. The van der Waals surface area contributed by atoms with E-state index in [2.05, 4.69) is 5.32 Å². The number of hydrogen-bond donors (Lipinski definition) is 2. The molecule has 4 heteroatoms. The molecule has 3 nitrogen and oxygen atoms in total. The SMILES string of the molecule is COc1ccc(F)cc1CCNCCCC(C)(C)N. The minimum Gasteiger partial charge on any atom is -0.496 e. The van der Waals surface area contributed by atoms with E-state index in [0.717, 1.165) is 43.7 Å². The van der Waals surface area contributed by atoms with Crippen LogP contribution in [0.5, 0.6) is 5.75 Å². The van der Waals surface area contributed by atoms with Crippen molar-refractivity contribution >= 4 is 0 Å². The molecule has 0 radical (unpaired) electrons. The minimum absolute atomic E-state index is 0.104. The molecule has 0 bridgehead atoms. The van der Waals surface area contributed by atoms with Crippen LogP contribution in [0.2, 0.25) is 0 Å². The maximum Gasteiger partial charge on any atom is 0.123 e. The molecule has 0 fully saturated rings. The molecule has 0 aliphatic rings. The Morgan fingerprint density at radius 3 is 2.68 bits per heavy atom. The molecule has 108 valence electrons. The van der Waals surface area contributed by atoms with E-state index in [-0.39, 0.29) is 11.4 Å². The van der Waals surface area contributed by atoms with Gasteiger partial charge >= 0.3 is 0 Å². The minimum atomic E-state index is -0.222. The Morgan fingerprint density at radius 2 is 2.05 bits per heavy atom. The first-order valence-electron chi connectivity index (χ1n) is 6.74. The molecule has 19 heavy (non-hydrogen) atoms. The lowest BCUT2D eigenvalue weighted by Crippen LogP contribution is -2.33. The molecule has 3 N–H and O–H groups in total. The molecule has 0 amide bonds. The Balaban J connectivity index is 2.28. The molecule has 1 rings (SSSR count). The third-order valence-corrected chi connectivity index (χ3v) is 2.99. The predicted octanol–water partition coefficient (Wildman–Crippen LogP) is 2.48. The smallest absolute Gasteiger partial charge is 0.123 e. The lowest BCUT2D eigenvalue weighted by Gasteiger charge is -2.18. The third kappa shape index (κ3) is 6.55. The van der Waals surface area contributed by atoms with Crippen LogP contribution >= 0.6 is 0 Å². The monoisotopic (exact) mass is 268 g/mol. The molecule has 0 unspecified atom stereocenters. The van der Waals surface area contributed by atoms with Crippen molar-refractivity contribution in [3.05, 3.63) is 29.6 Å². The van der Waals surface area contributed by atoms with Crippen molar-refractivity contribution in [2.24, 2.45) is 5.73 Å². The van der Waals surface area contributed by atoms with Crippen LogP contribution in [0, 0.1) is 5.82 Å². The number of nitrogens with one attached hydrogen (secondary N) is 1. The molecule has 0 saturated carbocycles. The summed E-state index contributed by atoms with van der Waals surface area (Å²) in [6.07, 6.45) is 2.79. The Hall–Kier alpha value is -1.13. The lowest BCUT2D eigenvalue weighted by atomic mass is 10.0. The fourth-order valence-electron chi connectivity index (χ4n) is 1.96. The zero-order chi connectivity index (χ0) is 14.3. The summed E-state index contributed by atoms with van der Waals surface area (Å²) in [6.45, 7) is 5.80. The zero-order valence-electron chi connectivity index (χ0n) is 12.1. The molecule has 0 spiro atoms. The molecule has 0 aromatic heterocycles. The largest absolute Gasteiger partial charge is 0.496 e. The van der Waals surface area contributed by atoms with Gasteiger partial charge in [0.1, 0.15) is 11.6 Å². The molecule has 1 aromatic rings. The second kappa shape index (κ2) is 7.46. The summed E-state index contributed by atoms with van der Waals surface area (Å²) in [5.74, 6) is 0.520. The van der Waals surface area contributed by atoms with E-state index in [1.54, 1.807) is 13.2 Å². The van der Waals surface area contributed by atoms with Crippen molar-refractivity contribution in [2.45, 2.75) is 38.6 Å². The van der Waals surface area contributed by atoms with Crippen molar-refractivity contribution in [3.63, 3.8) is 0 Å². The fourth-order valence-corrected chi connectivity index (χ4v) is 1.96. The van der Waals surface area contributed by atoms with Crippen molar-refractivity contribution in [1.82, 2.24) is 5.32 Å². The van der Waals surface area contributed by atoms with Gasteiger partial charge in [-0.2, -0.15) is 0 Å². The molecular formula is C15H25FN2O. The zero-order valence-corrected chi connectivity index (χ0v) is 12.1. The highest BCUT2D eigenvalue weighted by molar-refractivity contribution is 5.34. The summed E-state index contributed by atoms with van der Waals surface area (Å²) in [7, 11) is 1.60. The summed E-state index contributed by atoms with van der Waals surface area (Å²) < 4.78 is 18.4. The highest BCUT2D eigenvalue weighted by atomic mass is 19.1. The number of benzene rings is 1. The normalized spacial score (nSPS) is 11.6. The second-order valence-corrected chi connectivity index (χ2v) is 5.55. The van der Waals surface area contributed by atoms with E-state index in [1.165, 1.54) is 12.1 Å². The fraction of sp³-hybridized carbons (Fsp3) is 0.600. The molecule has 0 atom stereocenters. The van der Waals surface area contributed by atoms with Crippen LogP contribution in [0.15, 0.2) is 18.2 Å². The van der Waals surface area contributed by atoms with E-state index in [4.69, 9.17) is 10.5 Å². The lowest BCUT2D eigenvalue weighted by molar-refractivity contribution is 0.407. The van der Waals surface area contributed by atoms with Crippen molar-refractivity contribution in [2.75, 3.05) is 20.2 Å². The molecule has 0 aliphatic carbocycles. The first-order chi connectivity index (χ1) is 8.92. The van der Waals surface area contributed by atoms with Gasteiger partial charge in [-0.25, -0.2) is 4.39 Å². The van der Waals surface area contributed by atoms with E-state index in [0.29, 0.717) is 0 Å². The molecule has 0 heterocycles. The van der Waals surface area contributed by atoms with Gasteiger partial charge in [-0.1, -0.05) is 0 Å². The third-order valence-electron chi connectivity index (χ3n) is 2.99. The van der Waals surface area contributed by atoms with Gasteiger partial charge in [0, 0.05) is 5.54 Å². The van der Waals surface area contributed by atoms with Crippen LogP contribution in [0.3, 0.4) is 0 Å². The van der Waals surface area contributed by atoms with Gasteiger partial charge in [0.05, 0.1) is 7.11 Å². The average Bonchev–Trinajstić information content (AvgIpc) is 2.32. The summed E-state index contributed by atoms with van der Waals surface area (Å²) in [5, 5.41) is 3.34. The standard InChI is InChI=1S/C15H25FN2O/c1-15(2,17)8-4-9-18-10-7-12-11-13(16)5-6-14(12)19-3/h5-6,11,18H,4,7-10,17H2,1-3H3. The van der Waals surface area contributed by atoms with Crippen molar-refractivity contribution < 1.29 is 9.13 Å². The van der Waals surface area contributed by atoms with Crippen LogP contribution in [-0.4, -0.2) is 25.7 Å². The number of rotatable bonds is 8. The van der Waals surface area contributed by atoms with Gasteiger partial charge in [0.2, 0.25) is 0 Å². The van der Waals surface area contributed by atoms with E-state index < -0.39 is 0 Å². The summed E-state index contributed by atoms with van der Waals surface area (Å²) in [5.41, 5.74) is 6.70. The van der Waals surface area contributed by atoms with Gasteiger partial charge in [0.15, 0.2) is 0 Å². The summed E-state index contributed by atoms with van der Waals surface area (Å²) >= 11 is 0. The molecule has 1 aromatic carbocycles. The quantitative estimate of drug-likeness (QED) is 0.712. The first kappa shape index (κ1) is 15.9. The van der Waals surface area contributed by atoms with Crippen LogP contribution in [0.4, 0.5) is 4.39 Å². The van der Waals surface area contributed by atoms with E-state index in [1.807, 2.05) is 13.8 Å². The van der Waals surface area contributed by atoms with E-state index >= 15 is 0 Å². The Kier molecular flexibility index (Phi) is 6.25. The maximum atomic E-state index is 13.2. The van der Waals surface area contributed by atoms with Gasteiger partial charge in [-0.15, -0.1) is 0 Å². The average molecular weight is 268 g/mol. The predicted molar refractivity (Wildman–Crippen MR) is 77.0 cm³/mol. The Labute approximate surface area is 115 Å². The Bertz CT molecular complexity index is 388. The van der Waals surface area contributed by atoms with Gasteiger partial charge in [-0.3, -0.25) is 0 Å².